The van der Waals surface area contributed by atoms with Gasteiger partial charge in [-0.3, -0.25) is 4.79 Å². The molecule has 0 bridgehead atoms. The molecule has 6 nitrogen and oxygen atoms in total. The molecule has 3 aromatic rings. The van der Waals surface area contributed by atoms with E-state index in [0.29, 0.717) is 11.3 Å². The molecule has 1 amide bonds. The number of amides is 1. The smallest absolute Gasteiger partial charge is 0.416 e. The maximum atomic E-state index is 12.6. The Hall–Kier alpha value is -3.49. The third-order valence-electron chi connectivity index (χ3n) is 3.42. The van der Waals surface area contributed by atoms with Crippen molar-refractivity contribution in [1.82, 2.24) is 15.2 Å². The van der Waals surface area contributed by atoms with Gasteiger partial charge in [-0.05, 0) is 36.4 Å². The Balaban J connectivity index is 1.74. The summed E-state index contributed by atoms with van der Waals surface area (Å²) in [6.45, 7) is 0. The number of benzene rings is 1. The van der Waals surface area contributed by atoms with Gasteiger partial charge >= 0.3 is 6.18 Å². The first kappa shape index (κ1) is 17.3. The second-order valence-electron chi connectivity index (χ2n) is 5.20. The molecule has 2 N–H and O–H groups in total. The number of hydrogen-bond donors (Lipinski definition) is 2. The summed E-state index contributed by atoms with van der Waals surface area (Å²) in [4.78, 5) is 15.8. The summed E-state index contributed by atoms with van der Waals surface area (Å²) in [5.41, 5.74) is -0.127. The van der Waals surface area contributed by atoms with E-state index in [1.807, 2.05) is 0 Å². The summed E-state index contributed by atoms with van der Waals surface area (Å²) in [6.07, 6.45) is -3.05. The minimum atomic E-state index is -4.41. The van der Waals surface area contributed by atoms with Crippen molar-refractivity contribution in [3.63, 3.8) is 0 Å². The van der Waals surface area contributed by atoms with Crippen LogP contribution in [0, 0.1) is 0 Å². The number of halogens is 3. The van der Waals surface area contributed by atoms with E-state index in [1.54, 1.807) is 0 Å². The van der Waals surface area contributed by atoms with E-state index in [1.165, 1.54) is 42.6 Å². The monoisotopic (exact) mass is 360 g/mol. The molecule has 2 aromatic heterocycles. The van der Waals surface area contributed by atoms with Crippen molar-refractivity contribution in [2.45, 2.75) is 6.18 Å². The van der Waals surface area contributed by atoms with Crippen LogP contribution < -0.4 is 5.32 Å². The molecule has 26 heavy (non-hydrogen) atoms. The number of carbonyl (C=O) groups excluding carboxylic acids is 1. The second kappa shape index (κ2) is 6.79. The minimum absolute atomic E-state index is 0.107. The van der Waals surface area contributed by atoms with Crippen LogP contribution in [0.3, 0.4) is 0 Å². The molecule has 0 fully saturated rings. The molecule has 0 unspecified atom stereocenters. The Kier molecular flexibility index (Phi) is 4.53. The van der Waals surface area contributed by atoms with Gasteiger partial charge in [-0.25, -0.2) is 4.98 Å². The van der Waals surface area contributed by atoms with Crippen molar-refractivity contribution in [1.29, 1.82) is 0 Å². The average molecular weight is 360 g/mol. The van der Waals surface area contributed by atoms with Crippen molar-refractivity contribution in [2.24, 2.45) is 0 Å². The fourth-order valence-corrected chi connectivity index (χ4v) is 2.13. The Labute approximate surface area is 145 Å². The summed E-state index contributed by atoms with van der Waals surface area (Å²) in [7, 11) is 0. The standard InChI is InChI=1S/C17H11F3N4O2/c18-17(19,20)11-5-3-10(4-6-11)12-7-8-14(24-23-12)22-16(26)15-13(25)2-1-9-21-15/h1-9,25H,(H,22,24,26). The van der Waals surface area contributed by atoms with Crippen molar-refractivity contribution < 1.29 is 23.1 Å². The van der Waals surface area contributed by atoms with Crippen molar-refractivity contribution in [3.8, 4) is 17.0 Å². The fourth-order valence-electron chi connectivity index (χ4n) is 2.13. The molecule has 0 radical (unpaired) electrons. The Morgan fingerprint density at radius 1 is 1.00 bits per heavy atom. The average Bonchev–Trinajstić information content (AvgIpc) is 2.62. The lowest BCUT2D eigenvalue weighted by atomic mass is 10.1. The van der Waals surface area contributed by atoms with Crippen molar-refractivity contribution >= 4 is 11.7 Å². The van der Waals surface area contributed by atoms with Crippen LogP contribution in [0.1, 0.15) is 16.1 Å². The zero-order valence-electron chi connectivity index (χ0n) is 13.0. The summed E-state index contributed by atoms with van der Waals surface area (Å²) in [5, 5.41) is 19.7. The lowest BCUT2D eigenvalue weighted by molar-refractivity contribution is -0.137. The lowest BCUT2D eigenvalue weighted by Crippen LogP contribution is -2.15. The zero-order valence-corrected chi connectivity index (χ0v) is 13.0. The van der Waals surface area contributed by atoms with Gasteiger partial charge in [-0.1, -0.05) is 12.1 Å². The van der Waals surface area contributed by atoms with Gasteiger partial charge in [0.25, 0.3) is 5.91 Å². The van der Waals surface area contributed by atoms with Crippen molar-refractivity contribution in [2.75, 3.05) is 5.32 Å². The van der Waals surface area contributed by atoms with Crippen LogP contribution in [0.5, 0.6) is 5.75 Å². The van der Waals surface area contributed by atoms with Gasteiger partial charge in [0.05, 0.1) is 11.3 Å². The molecule has 0 aliphatic heterocycles. The largest absolute Gasteiger partial charge is 0.505 e. The van der Waals surface area contributed by atoms with Crippen LogP contribution in [0.2, 0.25) is 0 Å². The van der Waals surface area contributed by atoms with Gasteiger partial charge in [-0.15, -0.1) is 10.2 Å². The zero-order chi connectivity index (χ0) is 18.7. The predicted octanol–water partition coefficient (Wildman–Crippen LogP) is 3.52. The normalized spacial score (nSPS) is 11.2. The molecular formula is C17H11F3N4O2. The van der Waals surface area contributed by atoms with Crippen LogP contribution in [0.4, 0.5) is 19.0 Å². The summed E-state index contributed by atoms with van der Waals surface area (Å²) < 4.78 is 37.7. The number of alkyl halides is 3. The number of anilines is 1. The molecule has 0 atom stereocenters. The van der Waals surface area contributed by atoms with Gasteiger partial charge < -0.3 is 10.4 Å². The number of aromatic nitrogens is 3. The first-order chi connectivity index (χ1) is 12.3. The molecule has 0 aliphatic rings. The highest BCUT2D eigenvalue weighted by Crippen LogP contribution is 2.30. The summed E-state index contributed by atoms with van der Waals surface area (Å²) in [6, 6.07) is 10.2. The van der Waals surface area contributed by atoms with Gasteiger partial charge in [0.15, 0.2) is 11.5 Å². The van der Waals surface area contributed by atoms with Crippen LogP contribution in [0.25, 0.3) is 11.3 Å². The molecule has 0 saturated carbocycles. The topological polar surface area (TPSA) is 88.0 Å². The highest BCUT2D eigenvalue weighted by Gasteiger charge is 2.30. The van der Waals surface area contributed by atoms with Crippen LogP contribution in [0.15, 0.2) is 54.7 Å². The van der Waals surface area contributed by atoms with E-state index in [2.05, 4.69) is 20.5 Å². The highest BCUT2D eigenvalue weighted by molar-refractivity contribution is 6.04. The molecule has 9 heteroatoms. The van der Waals surface area contributed by atoms with E-state index >= 15 is 0 Å². The number of carbonyl (C=O) groups is 1. The van der Waals surface area contributed by atoms with E-state index in [4.69, 9.17) is 0 Å². The SMILES string of the molecule is O=C(Nc1ccc(-c2ccc(C(F)(F)F)cc2)nn1)c1ncccc1O. The van der Waals surface area contributed by atoms with E-state index in [9.17, 15) is 23.1 Å². The first-order valence-corrected chi connectivity index (χ1v) is 7.31. The maximum Gasteiger partial charge on any atom is 0.416 e. The van der Waals surface area contributed by atoms with Gasteiger partial charge in [-0.2, -0.15) is 13.2 Å². The number of rotatable bonds is 3. The highest BCUT2D eigenvalue weighted by atomic mass is 19.4. The van der Waals surface area contributed by atoms with Crippen LogP contribution in [-0.2, 0) is 6.18 Å². The number of aromatic hydroxyl groups is 1. The van der Waals surface area contributed by atoms with Gasteiger partial charge in [0, 0.05) is 11.8 Å². The van der Waals surface area contributed by atoms with E-state index in [-0.39, 0.29) is 17.3 Å². The summed E-state index contributed by atoms with van der Waals surface area (Å²) in [5.74, 6) is -0.838. The molecule has 0 spiro atoms. The van der Waals surface area contributed by atoms with Gasteiger partial charge in [0.1, 0.15) is 5.75 Å². The lowest BCUT2D eigenvalue weighted by Gasteiger charge is -2.08. The molecule has 1 aromatic carbocycles. The Morgan fingerprint density at radius 2 is 1.73 bits per heavy atom. The number of nitrogens with one attached hydrogen (secondary N) is 1. The molecule has 132 valence electrons. The third-order valence-corrected chi connectivity index (χ3v) is 3.42. The van der Waals surface area contributed by atoms with Crippen LogP contribution >= 0.6 is 0 Å². The number of pyridine rings is 1. The van der Waals surface area contributed by atoms with Crippen LogP contribution in [-0.4, -0.2) is 26.2 Å². The van der Waals surface area contributed by atoms with E-state index < -0.39 is 17.6 Å². The molecule has 0 saturated heterocycles. The summed E-state index contributed by atoms with van der Waals surface area (Å²) >= 11 is 0. The molecule has 0 aliphatic carbocycles. The van der Waals surface area contributed by atoms with Crippen molar-refractivity contribution in [3.05, 3.63) is 66.0 Å². The Bertz CT molecular complexity index is 926. The first-order valence-electron chi connectivity index (χ1n) is 7.31. The Morgan fingerprint density at radius 3 is 2.31 bits per heavy atom. The second-order valence-corrected chi connectivity index (χ2v) is 5.20. The molecule has 2 heterocycles. The molecule has 3 rings (SSSR count). The molecular weight excluding hydrogens is 349 g/mol. The number of nitrogens with zero attached hydrogens (tertiary/aromatic N) is 3. The quantitative estimate of drug-likeness (QED) is 0.746. The fraction of sp³-hybridized carbons (Fsp3) is 0.0588. The third kappa shape index (κ3) is 3.77. The van der Waals surface area contributed by atoms with E-state index in [0.717, 1.165) is 12.1 Å². The number of hydrogen-bond acceptors (Lipinski definition) is 5. The minimum Gasteiger partial charge on any atom is -0.505 e. The van der Waals surface area contributed by atoms with Gasteiger partial charge in [0.2, 0.25) is 0 Å². The maximum absolute atomic E-state index is 12.6. The predicted molar refractivity (Wildman–Crippen MR) is 86.3 cm³/mol.